The number of rotatable bonds is 12. The first-order chi connectivity index (χ1) is 8.97. The number of ketones is 1. The van der Waals surface area contributed by atoms with Crippen LogP contribution in [-0.2, 0) is 9.53 Å². The molecule has 19 heavy (non-hydrogen) atoms. The third kappa shape index (κ3) is 11.0. The highest BCUT2D eigenvalue weighted by Gasteiger charge is 2.14. The van der Waals surface area contributed by atoms with E-state index >= 15 is 0 Å². The van der Waals surface area contributed by atoms with Crippen molar-refractivity contribution in [3.63, 3.8) is 0 Å². The minimum absolute atomic E-state index is 0.214. The van der Waals surface area contributed by atoms with Gasteiger partial charge < -0.3 is 25.0 Å². The van der Waals surface area contributed by atoms with Gasteiger partial charge in [0.15, 0.2) is 0 Å². The molecule has 0 fully saturated rings. The van der Waals surface area contributed by atoms with Crippen molar-refractivity contribution in [1.29, 1.82) is 0 Å². The summed E-state index contributed by atoms with van der Waals surface area (Å²) in [7, 11) is 1.53. The van der Waals surface area contributed by atoms with Crippen molar-refractivity contribution in [3.05, 3.63) is 5.21 Å². The van der Waals surface area contributed by atoms with Gasteiger partial charge in [-0.3, -0.25) is 5.43 Å². The van der Waals surface area contributed by atoms with Gasteiger partial charge in [-0.1, -0.05) is 12.8 Å². The van der Waals surface area contributed by atoms with Crippen LogP contribution < -0.4 is 5.43 Å². The summed E-state index contributed by atoms with van der Waals surface area (Å²) in [6.45, 7) is 3.86. The molecule has 0 aliphatic rings. The minimum Gasteiger partial charge on any atom is -0.772 e. The molecule has 0 aromatic carbocycles. The van der Waals surface area contributed by atoms with E-state index < -0.39 is 6.10 Å². The molecule has 6 heteroatoms. The fourth-order valence-electron chi connectivity index (χ4n) is 1.70. The van der Waals surface area contributed by atoms with E-state index in [2.05, 4.69) is 5.43 Å². The lowest BCUT2D eigenvalue weighted by Crippen LogP contribution is -2.49. The summed E-state index contributed by atoms with van der Waals surface area (Å²) in [6, 6.07) is -0.389. The van der Waals surface area contributed by atoms with Crippen LogP contribution in [-0.4, -0.2) is 48.5 Å². The number of hydrogen-bond acceptors (Lipinski definition) is 6. The van der Waals surface area contributed by atoms with Crippen LogP contribution in [0.4, 0.5) is 0 Å². The van der Waals surface area contributed by atoms with Gasteiger partial charge in [-0.05, 0) is 33.2 Å². The normalized spacial score (nSPS) is 14.6. The SMILES string of the molecule is COCC(NN([O-])CCCCCCC(C)=O)C(C)O. The Morgan fingerprint density at radius 3 is 2.53 bits per heavy atom. The zero-order valence-corrected chi connectivity index (χ0v) is 12.2. The van der Waals surface area contributed by atoms with E-state index in [1.54, 1.807) is 13.8 Å². The lowest BCUT2D eigenvalue weighted by Gasteiger charge is -2.34. The van der Waals surface area contributed by atoms with Gasteiger partial charge in [-0.2, -0.15) is 0 Å². The maximum atomic E-state index is 11.6. The highest BCUT2D eigenvalue weighted by Crippen LogP contribution is 2.04. The second-order valence-corrected chi connectivity index (χ2v) is 4.90. The molecular formula is C13H27N2O4-. The van der Waals surface area contributed by atoms with Gasteiger partial charge in [-0.25, -0.2) is 0 Å². The largest absolute Gasteiger partial charge is 0.772 e. The number of nitrogens with one attached hydrogen (secondary N) is 1. The van der Waals surface area contributed by atoms with Crippen LogP contribution in [0.25, 0.3) is 0 Å². The molecule has 0 aromatic heterocycles. The number of aliphatic hydroxyl groups excluding tert-OH is 1. The summed E-state index contributed by atoms with van der Waals surface area (Å²) in [6.07, 6.45) is 3.53. The molecule has 0 amide bonds. The van der Waals surface area contributed by atoms with E-state index in [4.69, 9.17) is 4.74 Å². The van der Waals surface area contributed by atoms with E-state index in [-0.39, 0.29) is 18.4 Å². The number of carbonyl (C=O) groups is 1. The fraction of sp³-hybridized carbons (Fsp3) is 0.923. The summed E-state index contributed by atoms with van der Waals surface area (Å²) in [5, 5.41) is 21.8. The topological polar surface area (TPSA) is 84.9 Å². The van der Waals surface area contributed by atoms with Crippen LogP contribution in [0.5, 0.6) is 0 Å². The smallest absolute Gasteiger partial charge is 0.129 e. The van der Waals surface area contributed by atoms with Gasteiger partial charge in [0.05, 0.1) is 18.8 Å². The van der Waals surface area contributed by atoms with Gasteiger partial charge in [-0.15, -0.1) is 0 Å². The van der Waals surface area contributed by atoms with Crippen LogP contribution in [0.1, 0.15) is 46.0 Å². The van der Waals surface area contributed by atoms with Gasteiger partial charge >= 0.3 is 0 Å². The Morgan fingerprint density at radius 1 is 1.37 bits per heavy atom. The Kier molecular flexibility index (Phi) is 11.0. The molecule has 0 aliphatic heterocycles. The Hall–Kier alpha value is -0.530. The third-order valence-corrected chi connectivity index (χ3v) is 2.88. The zero-order chi connectivity index (χ0) is 14.7. The summed E-state index contributed by atoms with van der Waals surface area (Å²) < 4.78 is 4.93. The second-order valence-electron chi connectivity index (χ2n) is 4.90. The summed E-state index contributed by atoms with van der Waals surface area (Å²) >= 11 is 0. The molecule has 0 spiro atoms. The number of unbranched alkanes of at least 4 members (excludes halogenated alkanes) is 3. The Bertz CT molecular complexity index is 237. The van der Waals surface area contributed by atoms with Crippen molar-refractivity contribution >= 4 is 5.78 Å². The van der Waals surface area contributed by atoms with Gasteiger partial charge in [0.2, 0.25) is 0 Å². The lowest BCUT2D eigenvalue weighted by molar-refractivity contribution is -0.117. The number of hydroxylamine groups is 1. The first kappa shape index (κ1) is 18.5. The maximum Gasteiger partial charge on any atom is 0.129 e. The van der Waals surface area contributed by atoms with E-state index in [1.807, 2.05) is 0 Å². The number of hydrogen-bond donors (Lipinski definition) is 2. The Labute approximate surface area is 115 Å². The summed E-state index contributed by atoms with van der Waals surface area (Å²) in [5.41, 5.74) is 2.68. The molecule has 2 atom stereocenters. The van der Waals surface area contributed by atoms with Crippen LogP contribution in [0.2, 0.25) is 0 Å². The highest BCUT2D eigenvalue weighted by atomic mass is 16.5. The van der Waals surface area contributed by atoms with Crippen LogP contribution in [0.15, 0.2) is 0 Å². The number of hydrazine groups is 1. The quantitative estimate of drug-likeness (QED) is 0.411. The van der Waals surface area contributed by atoms with Gasteiger partial charge in [0, 0.05) is 13.5 Å². The van der Waals surface area contributed by atoms with Crippen molar-refractivity contribution in [2.75, 3.05) is 20.3 Å². The fourth-order valence-corrected chi connectivity index (χ4v) is 1.70. The molecule has 2 N–H and O–H groups in total. The van der Waals surface area contributed by atoms with Crippen molar-refractivity contribution < 1.29 is 14.6 Å². The maximum absolute atomic E-state index is 11.6. The average Bonchev–Trinajstić information content (AvgIpc) is 2.32. The molecule has 0 aromatic rings. The molecule has 0 rings (SSSR count). The van der Waals surface area contributed by atoms with Gasteiger partial charge in [0.1, 0.15) is 5.78 Å². The first-order valence-electron chi connectivity index (χ1n) is 6.84. The van der Waals surface area contributed by atoms with E-state index in [9.17, 15) is 15.1 Å². The predicted molar refractivity (Wildman–Crippen MR) is 74.3 cm³/mol. The zero-order valence-electron chi connectivity index (χ0n) is 12.2. The third-order valence-electron chi connectivity index (χ3n) is 2.88. The molecule has 0 heterocycles. The predicted octanol–water partition coefficient (Wildman–Crippen LogP) is 1.23. The molecule has 2 unspecified atom stereocenters. The standard InChI is InChI=1S/C13H27N2O4/c1-11(16)8-6-4-5-7-9-15(18)14-13(10-19-3)12(2)17/h12-14,17H,4-10H2,1-3H3/q-1. The molecule has 0 saturated heterocycles. The molecule has 0 bridgehead atoms. The van der Waals surface area contributed by atoms with E-state index in [0.29, 0.717) is 13.0 Å². The van der Waals surface area contributed by atoms with Crippen molar-refractivity contribution in [1.82, 2.24) is 10.6 Å². The lowest BCUT2D eigenvalue weighted by atomic mass is 10.1. The van der Waals surface area contributed by atoms with Crippen molar-refractivity contribution in [2.45, 2.75) is 58.1 Å². The number of methoxy groups -OCH3 is 1. The molecule has 0 saturated carbocycles. The number of carbonyl (C=O) groups excluding carboxylic acids is 1. The first-order valence-corrected chi connectivity index (χ1v) is 6.84. The highest BCUT2D eigenvalue weighted by molar-refractivity contribution is 5.75. The van der Waals surface area contributed by atoms with E-state index in [0.717, 1.165) is 30.9 Å². The monoisotopic (exact) mass is 275 g/mol. The van der Waals surface area contributed by atoms with Crippen LogP contribution in [0.3, 0.4) is 0 Å². The second kappa shape index (κ2) is 11.3. The Morgan fingerprint density at radius 2 is 2.00 bits per heavy atom. The average molecular weight is 275 g/mol. The number of ether oxygens (including phenoxy) is 1. The molecule has 0 aliphatic carbocycles. The molecule has 0 radical (unpaired) electrons. The van der Waals surface area contributed by atoms with Crippen molar-refractivity contribution in [3.8, 4) is 0 Å². The number of aliphatic hydroxyl groups is 1. The van der Waals surface area contributed by atoms with Crippen LogP contribution in [0, 0.1) is 5.21 Å². The molecule has 6 nitrogen and oxygen atoms in total. The van der Waals surface area contributed by atoms with Crippen LogP contribution >= 0.6 is 0 Å². The minimum atomic E-state index is -0.646. The Balaban J connectivity index is 3.62. The molecule has 114 valence electrons. The van der Waals surface area contributed by atoms with E-state index in [1.165, 1.54) is 7.11 Å². The summed E-state index contributed by atoms with van der Waals surface area (Å²) in [5.74, 6) is 0.214. The molecular weight excluding hydrogens is 248 g/mol. The van der Waals surface area contributed by atoms with Gasteiger partial charge in [0.25, 0.3) is 0 Å². The number of Topliss-reactive ketones (excluding diaryl/α,β-unsaturated/α-hetero) is 1. The number of nitrogens with zero attached hydrogens (tertiary/aromatic N) is 1. The van der Waals surface area contributed by atoms with Crippen molar-refractivity contribution in [2.24, 2.45) is 0 Å². The summed E-state index contributed by atoms with van der Waals surface area (Å²) in [4.78, 5) is 10.7.